The summed E-state index contributed by atoms with van der Waals surface area (Å²) in [5.74, 6) is -0.534. The molecule has 0 atom stereocenters. The highest BCUT2D eigenvalue weighted by Crippen LogP contribution is 2.37. The fourth-order valence-electron chi connectivity index (χ4n) is 2.06. The highest BCUT2D eigenvalue weighted by Gasteiger charge is 2.43. The van der Waals surface area contributed by atoms with Crippen LogP contribution in [-0.4, -0.2) is 14.3 Å². The smallest absolute Gasteiger partial charge is 0.267 e. The zero-order valence-electron chi connectivity index (χ0n) is 9.58. The summed E-state index contributed by atoms with van der Waals surface area (Å²) in [6.07, 6.45) is 0. The number of nitrogens with zero attached hydrogens (tertiary/aromatic N) is 1. The fourth-order valence-corrected chi connectivity index (χ4v) is 4.33. The van der Waals surface area contributed by atoms with Gasteiger partial charge in [0.1, 0.15) is 4.90 Å². The normalized spacial score (nSPS) is 16.5. The molecule has 0 bridgehead atoms. The molecule has 0 unspecified atom stereocenters. The summed E-state index contributed by atoms with van der Waals surface area (Å²) in [6.45, 7) is 0. The lowest BCUT2D eigenvalue weighted by Crippen LogP contribution is -2.29. The third-order valence-corrected chi connectivity index (χ3v) is 5.30. The van der Waals surface area contributed by atoms with Crippen LogP contribution in [0, 0.1) is 0 Å². The van der Waals surface area contributed by atoms with Gasteiger partial charge in [0.2, 0.25) is 0 Å². The van der Waals surface area contributed by atoms with Crippen molar-refractivity contribution in [3.8, 4) is 0 Å². The minimum Gasteiger partial charge on any atom is -0.267 e. The van der Waals surface area contributed by atoms with Gasteiger partial charge >= 0.3 is 0 Å². The molecule has 0 saturated heterocycles. The second-order valence-electron chi connectivity index (χ2n) is 4.02. The maximum absolute atomic E-state index is 12.4. The Bertz CT molecular complexity index is 772. The van der Waals surface area contributed by atoms with Gasteiger partial charge in [-0.2, -0.15) is 4.31 Å². The van der Waals surface area contributed by atoms with Crippen molar-refractivity contribution in [3.63, 3.8) is 0 Å². The molecule has 19 heavy (non-hydrogen) atoms. The Morgan fingerprint density at radius 1 is 0.947 bits per heavy atom. The van der Waals surface area contributed by atoms with Crippen LogP contribution in [0.25, 0.3) is 0 Å². The van der Waals surface area contributed by atoms with E-state index in [1.54, 1.807) is 42.5 Å². The van der Waals surface area contributed by atoms with E-state index >= 15 is 0 Å². The lowest BCUT2D eigenvalue weighted by atomic mass is 10.2. The van der Waals surface area contributed by atoms with Crippen LogP contribution in [0.2, 0.25) is 0 Å². The van der Waals surface area contributed by atoms with Crippen molar-refractivity contribution in [1.82, 2.24) is 0 Å². The zero-order chi connectivity index (χ0) is 13.6. The lowest BCUT2D eigenvalue weighted by Gasteiger charge is -2.14. The van der Waals surface area contributed by atoms with E-state index in [9.17, 15) is 13.2 Å². The Morgan fingerprint density at radius 2 is 1.63 bits per heavy atom. The van der Waals surface area contributed by atoms with E-state index < -0.39 is 15.9 Å². The maximum atomic E-state index is 12.4. The molecule has 3 rings (SSSR count). The predicted octanol–water partition coefficient (Wildman–Crippen LogP) is 2.80. The third-order valence-electron chi connectivity index (χ3n) is 2.88. The van der Waals surface area contributed by atoms with Crippen LogP contribution < -0.4 is 4.31 Å². The molecule has 96 valence electrons. The van der Waals surface area contributed by atoms with Crippen LogP contribution in [0.3, 0.4) is 0 Å². The van der Waals surface area contributed by atoms with Crippen molar-refractivity contribution in [1.29, 1.82) is 0 Å². The molecule has 2 aromatic rings. The third kappa shape index (κ3) is 1.71. The molecule has 0 aliphatic carbocycles. The molecular weight excluding hydrogens is 330 g/mol. The summed E-state index contributed by atoms with van der Waals surface area (Å²) in [5, 5.41) is 0. The number of fused-ring (bicyclic) bond motifs is 1. The van der Waals surface area contributed by atoms with Gasteiger partial charge in [-0.05, 0) is 40.2 Å². The van der Waals surface area contributed by atoms with Gasteiger partial charge in [0.25, 0.3) is 15.9 Å². The molecule has 0 N–H and O–H groups in total. The van der Waals surface area contributed by atoms with E-state index in [1.165, 1.54) is 6.07 Å². The van der Waals surface area contributed by atoms with Crippen LogP contribution in [0.1, 0.15) is 10.4 Å². The van der Waals surface area contributed by atoms with Gasteiger partial charge in [0.15, 0.2) is 0 Å². The number of rotatable bonds is 1. The van der Waals surface area contributed by atoms with Crippen LogP contribution >= 0.6 is 15.9 Å². The number of hydrogen-bond donors (Lipinski definition) is 0. The topological polar surface area (TPSA) is 54.5 Å². The zero-order valence-corrected chi connectivity index (χ0v) is 12.0. The van der Waals surface area contributed by atoms with Crippen LogP contribution in [0.15, 0.2) is 57.9 Å². The van der Waals surface area contributed by atoms with E-state index in [-0.39, 0.29) is 10.5 Å². The average Bonchev–Trinajstić information content (AvgIpc) is 2.59. The van der Waals surface area contributed by atoms with E-state index in [4.69, 9.17) is 0 Å². The first kappa shape index (κ1) is 12.4. The number of para-hydroxylation sites is 1. The molecule has 2 aromatic carbocycles. The molecule has 0 fully saturated rings. The maximum Gasteiger partial charge on any atom is 0.274 e. The fraction of sp³-hybridized carbons (Fsp3) is 0. The molecule has 1 amide bonds. The molecule has 6 heteroatoms. The molecule has 4 nitrogen and oxygen atoms in total. The highest BCUT2D eigenvalue weighted by molar-refractivity contribution is 9.10. The predicted molar refractivity (Wildman–Crippen MR) is 74.6 cm³/mol. The molecule has 0 radical (unpaired) electrons. The van der Waals surface area contributed by atoms with Gasteiger partial charge in [0.05, 0.1) is 11.3 Å². The average molecular weight is 338 g/mol. The molecule has 1 heterocycles. The number of hydrogen-bond acceptors (Lipinski definition) is 3. The van der Waals surface area contributed by atoms with E-state index in [0.717, 1.165) is 4.31 Å². The second-order valence-corrected chi connectivity index (χ2v) is 6.63. The summed E-state index contributed by atoms with van der Waals surface area (Å²) >= 11 is 3.23. The first-order chi connectivity index (χ1) is 9.03. The standard InChI is InChI=1S/C13H8BrNO3S/c14-10-7-4-8-11-12(10)13(16)15(19(11,17)18)9-5-2-1-3-6-9/h1-8H. The molecule has 0 spiro atoms. The molecule has 0 aromatic heterocycles. The quantitative estimate of drug-likeness (QED) is 0.803. The molecule has 1 aliphatic rings. The van der Waals surface area contributed by atoms with Crippen molar-refractivity contribution in [2.45, 2.75) is 4.90 Å². The van der Waals surface area contributed by atoms with Gasteiger partial charge in [0, 0.05) is 4.47 Å². The van der Waals surface area contributed by atoms with Gasteiger partial charge in [-0.1, -0.05) is 24.3 Å². The Morgan fingerprint density at radius 3 is 2.26 bits per heavy atom. The number of anilines is 1. The summed E-state index contributed by atoms with van der Waals surface area (Å²) < 4.78 is 26.2. The Hall–Kier alpha value is -1.66. The van der Waals surface area contributed by atoms with Crippen molar-refractivity contribution in [2.24, 2.45) is 0 Å². The van der Waals surface area contributed by atoms with Gasteiger partial charge in [-0.15, -0.1) is 0 Å². The van der Waals surface area contributed by atoms with Gasteiger partial charge in [-0.25, -0.2) is 8.42 Å². The lowest BCUT2D eigenvalue weighted by molar-refractivity contribution is 0.101. The minimum atomic E-state index is -3.82. The summed E-state index contributed by atoms with van der Waals surface area (Å²) in [7, 11) is -3.82. The number of carbonyl (C=O) groups is 1. The number of amides is 1. The van der Waals surface area contributed by atoms with Crippen molar-refractivity contribution < 1.29 is 13.2 Å². The molecule has 1 aliphatic heterocycles. The number of sulfonamides is 1. The van der Waals surface area contributed by atoms with Gasteiger partial charge in [-0.3, -0.25) is 4.79 Å². The van der Waals surface area contributed by atoms with Crippen LogP contribution in [-0.2, 0) is 10.0 Å². The van der Waals surface area contributed by atoms with Crippen LogP contribution in [0.4, 0.5) is 5.69 Å². The minimum absolute atomic E-state index is 0.0377. The SMILES string of the molecule is O=C1c2c(Br)cccc2S(=O)(=O)N1c1ccccc1. The largest absolute Gasteiger partial charge is 0.274 e. The van der Waals surface area contributed by atoms with E-state index in [1.807, 2.05) is 0 Å². The van der Waals surface area contributed by atoms with E-state index in [0.29, 0.717) is 10.2 Å². The van der Waals surface area contributed by atoms with Crippen LogP contribution in [0.5, 0.6) is 0 Å². The number of carbonyl (C=O) groups excluding carboxylic acids is 1. The van der Waals surface area contributed by atoms with Crippen molar-refractivity contribution >= 4 is 37.5 Å². The summed E-state index contributed by atoms with van der Waals surface area (Å²) in [6, 6.07) is 13.0. The number of halogens is 1. The first-order valence-electron chi connectivity index (χ1n) is 5.47. The summed E-state index contributed by atoms with van der Waals surface area (Å²) in [5.41, 5.74) is 0.530. The molecule has 0 saturated carbocycles. The van der Waals surface area contributed by atoms with Crippen molar-refractivity contribution in [3.05, 3.63) is 58.6 Å². The second kappa shape index (κ2) is 4.18. The van der Waals surface area contributed by atoms with Crippen molar-refractivity contribution in [2.75, 3.05) is 4.31 Å². The van der Waals surface area contributed by atoms with Gasteiger partial charge < -0.3 is 0 Å². The number of benzene rings is 2. The highest BCUT2D eigenvalue weighted by atomic mass is 79.9. The molecular formula is C13H8BrNO3S. The summed E-state index contributed by atoms with van der Waals surface area (Å²) in [4.78, 5) is 12.4. The Labute approximate surface area is 118 Å². The monoisotopic (exact) mass is 337 g/mol. The Balaban J connectivity index is 2.28. The Kier molecular flexibility index (Phi) is 2.72. The van der Waals surface area contributed by atoms with E-state index in [2.05, 4.69) is 15.9 Å². The first-order valence-corrected chi connectivity index (χ1v) is 7.70.